The van der Waals surface area contributed by atoms with Crippen molar-refractivity contribution >= 4 is 23.8 Å². The summed E-state index contributed by atoms with van der Waals surface area (Å²) in [5, 5.41) is 2.86. The molecule has 2 aliphatic heterocycles. The lowest BCUT2D eigenvalue weighted by Crippen LogP contribution is -2.55. The highest BCUT2D eigenvalue weighted by Crippen LogP contribution is 2.25. The number of carbonyl (C=O) groups excluding carboxylic acids is 3. The van der Waals surface area contributed by atoms with Crippen molar-refractivity contribution in [2.45, 2.75) is 58.3 Å². The van der Waals surface area contributed by atoms with Gasteiger partial charge in [-0.05, 0) is 63.6 Å². The van der Waals surface area contributed by atoms with Gasteiger partial charge in [0.05, 0.1) is 0 Å². The quantitative estimate of drug-likeness (QED) is 0.553. The van der Waals surface area contributed by atoms with Gasteiger partial charge in [0, 0.05) is 57.3 Å². The Balaban J connectivity index is 1.35. The number of aromatic nitrogens is 1. The molecule has 0 saturated carbocycles. The van der Waals surface area contributed by atoms with Crippen LogP contribution in [0.15, 0.2) is 54.9 Å². The summed E-state index contributed by atoms with van der Waals surface area (Å²) in [7, 11) is 0. The first kappa shape index (κ1) is 29.2. The summed E-state index contributed by atoms with van der Waals surface area (Å²) in [5.41, 5.74) is 1.41. The molecule has 0 spiro atoms. The number of nitrogens with one attached hydrogen (secondary N) is 1. The van der Waals surface area contributed by atoms with Crippen molar-refractivity contribution in [3.05, 3.63) is 60.4 Å². The molecule has 2 fully saturated rings. The molecule has 3 heterocycles. The Labute approximate surface area is 236 Å². The first-order valence-electron chi connectivity index (χ1n) is 14.1. The van der Waals surface area contributed by atoms with Gasteiger partial charge in [0.15, 0.2) is 0 Å². The Kier molecular flexibility index (Phi) is 9.84. The lowest BCUT2D eigenvalue weighted by Gasteiger charge is -2.38. The molecule has 10 nitrogen and oxygen atoms in total. The van der Waals surface area contributed by atoms with Crippen molar-refractivity contribution in [2.24, 2.45) is 5.92 Å². The third-order valence-corrected chi connectivity index (χ3v) is 7.26. The summed E-state index contributed by atoms with van der Waals surface area (Å²) in [5.74, 6) is 0.0841. The smallest absolute Gasteiger partial charge is 0.410 e. The number of carbonyl (C=O) groups is 3. The second-order valence-corrected chi connectivity index (χ2v) is 11.4. The van der Waals surface area contributed by atoms with Gasteiger partial charge in [-0.2, -0.15) is 0 Å². The van der Waals surface area contributed by atoms with Crippen LogP contribution < -0.4 is 10.2 Å². The summed E-state index contributed by atoms with van der Waals surface area (Å²) in [6.45, 7) is 9.35. The molecule has 4 rings (SSSR count). The molecule has 2 aromatic rings. The largest absolute Gasteiger partial charge is 0.445 e. The zero-order chi connectivity index (χ0) is 28.5. The zero-order valence-corrected chi connectivity index (χ0v) is 23.8. The fourth-order valence-corrected chi connectivity index (χ4v) is 5.10. The van der Waals surface area contributed by atoms with E-state index in [0.717, 1.165) is 24.1 Å². The van der Waals surface area contributed by atoms with Crippen LogP contribution >= 0.6 is 0 Å². The Morgan fingerprint density at radius 2 is 1.57 bits per heavy atom. The van der Waals surface area contributed by atoms with E-state index in [1.165, 1.54) is 0 Å². The fraction of sp³-hybridized carbons (Fsp3) is 0.533. The van der Waals surface area contributed by atoms with Gasteiger partial charge in [0.25, 0.3) is 0 Å². The number of nitrogens with zero attached hydrogens (tertiary/aromatic N) is 4. The molecule has 0 aliphatic carbocycles. The molecular formula is C30H41N5O5. The molecule has 1 aromatic carbocycles. The summed E-state index contributed by atoms with van der Waals surface area (Å²) in [4.78, 5) is 48.8. The summed E-state index contributed by atoms with van der Waals surface area (Å²) in [6, 6.07) is 12.7. The molecule has 0 radical (unpaired) electrons. The molecule has 40 heavy (non-hydrogen) atoms. The normalized spacial score (nSPS) is 17.2. The molecule has 0 bridgehead atoms. The number of benzene rings is 1. The van der Waals surface area contributed by atoms with Gasteiger partial charge in [-0.3, -0.25) is 9.78 Å². The van der Waals surface area contributed by atoms with E-state index < -0.39 is 17.7 Å². The molecule has 1 unspecified atom stereocenters. The average Bonchev–Trinajstić information content (AvgIpc) is 2.96. The molecule has 1 N–H and O–H groups in total. The minimum absolute atomic E-state index is 0.0967. The van der Waals surface area contributed by atoms with E-state index in [0.29, 0.717) is 45.7 Å². The fourth-order valence-electron chi connectivity index (χ4n) is 5.10. The Morgan fingerprint density at radius 1 is 0.925 bits per heavy atom. The number of anilines is 1. The van der Waals surface area contributed by atoms with Crippen LogP contribution in [0.3, 0.4) is 0 Å². The summed E-state index contributed by atoms with van der Waals surface area (Å²) < 4.78 is 11.0. The minimum atomic E-state index is -0.700. The Morgan fingerprint density at radius 3 is 2.20 bits per heavy atom. The lowest BCUT2D eigenvalue weighted by atomic mass is 9.89. The topological polar surface area (TPSA) is 104 Å². The Bertz CT molecular complexity index is 1110. The number of amides is 3. The molecule has 2 aliphatic rings. The second-order valence-electron chi connectivity index (χ2n) is 11.4. The first-order valence-corrected chi connectivity index (χ1v) is 14.1. The van der Waals surface area contributed by atoms with Crippen molar-refractivity contribution < 1.29 is 23.9 Å². The number of rotatable bonds is 7. The van der Waals surface area contributed by atoms with Crippen molar-refractivity contribution in [1.29, 1.82) is 0 Å². The number of likely N-dealkylation sites (tertiary alicyclic amines) is 1. The predicted molar refractivity (Wildman–Crippen MR) is 152 cm³/mol. The van der Waals surface area contributed by atoms with Crippen LogP contribution in [0, 0.1) is 5.92 Å². The van der Waals surface area contributed by atoms with Gasteiger partial charge in [-0.1, -0.05) is 30.3 Å². The highest BCUT2D eigenvalue weighted by molar-refractivity contribution is 5.86. The molecule has 1 atom stereocenters. The van der Waals surface area contributed by atoms with Crippen LogP contribution in [0.1, 0.15) is 45.6 Å². The van der Waals surface area contributed by atoms with Gasteiger partial charge < -0.3 is 29.5 Å². The third kappa shape index (κ3) is 8.59. The first-order chi connectivity index (χ1) is 19.2. The van der Waals surface area contributed by atoms with Crippen molar-refractivity contribution in [1.82, 2.24) is 20.1 Å². The maximum Gasteiger partial charge on any atom is 0.410 e. The van der Waals surface area contributed by atoms with Crippen LogP contribution in [0.2, 0.25) is 0 Å². The van der Waals surface area contributed by atoms with Gasteiger partial charge in [-0.15, -0.1) is 0 Å². The van der Waals surface area contributed by atoms with Crippen LogP contribution in [0.4, 0.5) is 15.3 Å². The van der Waals surface area contributed by atoms with Crippen LogP contribution in [0.25, 0.3) is 0 Å². The van der Waals surface area contributed by atoms with E-state index in [1.54, 1.807) is 17.3 Å². The van der Waals surface area contributed by atoms with Crippen molar-refractivity contribution in [3.63, 3.8) is 0 Å². The van der Waals surface area contributed by atoms with Crippen molar-refractivity contribution in [2.75, 3.05) is 44.2 Å². The van der Waals surface area contributed by atoms with Gasteiger partial charge in [-0.25, -0.2) is 9.59 Å². The number of ether oxygens (including phenoxy) is 2. The van der Waals surface area contributed by atoms with Crippen molar-refractivity contribution in [3.8, 4) is 0 Å². The molecule has 1 aromatic heterocycles. The number of hydrogen-bond acceptors (Lipinski definition) is 7. The van der Waals surface area contributed by atoms with E-state index in [9.17, 15) is 14.4 Å². The van der Waals surface area contributed by atoms with E-state index >= 15 is 0 Å². The second kappa shape index (κ2) is 13.5. The maximum absolute atomic E-state index is 13.7. The molecule has 2 saturated heterocycles. The average molecular weight is 552 g/mol. The number of hydrogen-bond donors (Lipinski definition) is 1. The summed E-state index contributed by atoms with van der Waals surface area (Å²) >= 11 is 0. The van der Waals surface area contributed by atoms with Crippen LogP contribution in [-0.4, -0.2) is 83.8 Å². The number of piperidine rings is 1. The molecule has 10 heteroatoms. The van der Waals surface area contributed by atoms with Crippen LogP contribution in [0.5, 0.6) is 0 Å². The van der Waals surface area contributed by atoms with Crippen LogP contribution in [-0.2, 0) is 20.9 Å². The van der Waals surface area contributed by atoms with E-state index in [-0.39, 0.29) is 24.5 Å². The number of pyridine rings is 1. The minimum Gasteiger partial charge on any atom is -0.445 e. The van der Waals surface area contributed by atoms with Gasteiger partial charge in [0.2, 0.25) is 5.91 Å². The lowest BCUT2D eigenvalue weighted by molar-refractivity contribution is -0.134. The molecule has 3 amide bonds. The summed E-state index contributed by atoms with van der Waals surface area (Å²) in [6.07, 6.45) is 4.58. The van der Waals surface area contributed by atoms with E-state index in [1.807, 2.05) is 68.1 Å². The monoisotopic (exact) mass is 551 g/mol. The van der Waals surface area contributed by atoms with E-state index in [2.05, 4.69) is 15.2 Å². The standard InChI is InChI=1S/C30H41N5O5/c1-30(2,3)40-29(38)35-15-11-23(12-16-35)21-26(32-28(37)39-22-24-7-5-4-6-8-24)27(36)34-19-17-33(18-20-34)25-9-13-31-14-10-25/h4-10,13-14,23,26H,11-12,15-22H2,1-3H3,(H,32,37). The Hall–Kier alpha value is -3.82. The highest BCUT2D eigenvalue weighted by atomic mass is 16.6. The van der Waals surface area contributed by atoms with E-state index in [4.69, 9.17) is 9.47 Å². The number of piperazine rings is 1. The van der Waals surface area contributed by atoms with Gasteiger partial charge >= 0.3 is 12.2 Å². The third-order valence-electron chi connectivity index (χ3n) is 7.26. The van der Waals surface area contributed by atoms with Gasteiger partial charge in [0.1, 0.15) is 18.2 Å². The number of alkyl carbamates (subject to hydrolysis) is 1. The highest BCUT2D eigenvalue weighted by Gasteiger charge is 2.34. The molecule has 216 valence electrons. The predicted octanol–water partition coefficient (Wildman–Crippen LogP) is 4.06. The maximum atomic E-state index is 13.7. The SMILES string of the molecule is CC(C)(C)OC(=O)N1CCC(CC(NC(=O)OCc2ccccc2)C(=O)N2CCN(c3ccncc3)CC2)CC1. The zero-order valence-electron chi connectivity index (χ0n) is 23.8. The molecular weight excluding hydrogens is 510 g/mol.